The van der Waals surface area contributed by atoms with Crippen LogP contribution in [0.3, 0.4) is 0 Å². The van der Waals surface area contributed by atoms with Crippen LogP contribution in [0, 0.1) is 0 Å². The third-order valence-corrected chi connectivity index (χ3v) is 2.91. The maximum atomic E-state index is 11.2. The molecule has 5 nitrogen and oxygen atoms in total. The summed E-state index contributed by atoms with van der Waals surface area (Å²) in [4.78, 5) is 18.5. The van der Waals surface area contributed by atoms with Gasteiger partial charge in [0, 0.05) is 17.0 Å². The van der Waals surface area contributed by atoms with Crippen molar-refractivity contribution in [1.29, 1.82) is 0 Å². The number of hydrogen-bond acceptors (Lipinski definition) is 3. The number of rotatable bonds is 2. The van der Waals surface area contributed by atoms with E-state index in [1.165, 1.54) is 13.3 Å². The molecular formula is C13H10N2O3. The zero-order valence-corrected chi connectivity index (χ0v) is 9.60. The van der Waals surface area contributed by atoms with E-state index in [1.54, 1.807) is 0 Å². The number of hydrogen-bond donors (Lipinski definition) is 2. The van der Waals surface area contributed by atoms with Gasteiger partial charge in [0.05, 0.1) is 18.2 Å². The fourth-order valence-corrected chi connectivity index (χ4v) is 2.14. The largest absolute Gasteiger partial charge is 0.479 e. The molecule has 0 aliphatic carbocycles. The zero-order chi connectivity index (χ0) is 12.7. The van der Waals surface area contributed by atoms with Crippen LogP contribution < -0.4 is 4.74 Å². The quantitative estimate of drug-likeness (QED) is 0.723. The predicted molar refractivity (Wildman–Crippen MR) is 67.1 cm³/mol. The second kappa shape index (κ2) is 3.73. The number of para-hydroxylation sites is 1. The summed E-state index contributed by atoms with van der Waals surface area (Å²) < 4.78 is 5.19. The summed E-state index contributed by atoms with van der Waals surface area (Å²) in [5, 5.41) is 10.6. The zero-order valence-electron chi connectivity index (χ0n) is 9.60. The fraction of sp³-hybridized carbons (Fsp3) is 0.0769. The molecule has 0 unspecified atom stereocenters. The summed E-state index contributed by atoms with van der Waals surface area (Å²) in [5.74, 6) is -0.573. The lowest BCUT2D eigenvalue weighted by molar-refractivity contribution is 0.0699. The monoisotopic (exact) mass is 242 g/mol. The van der Waals surface area contributed by atoms with Crippen LogP contribution in [0.4, 0.5) is 0 Å². The van der Waals surface area contributed by atoms with Crippen LogP contribution in [0.25, 0.3) is 21.8 Å². The van der Waals surface area contributed by atoms with Crippen LogP contribution in [0.2, 0.25) is 0 Å². The summed E-state index contributed by atoms with van der Waals surface area (Å²) in [6.07, 6.45) is 1.46. The van der Waals surface area contributed by atoms with Crippen LogP contribution in [-0.4, -0.2) is 28.2 Å². The highest BCUT2D eigenvalue weighted by Crippen LogP contribution is 2.32. The first-order valence-electron chi connectivity index (χ1n) is 5.39. The lowest BCUT2D eigenvalue weighted by atomic mass is 10.1. The van der Waals surface area contributed by atoms with Crippen molar-refractivity contribution in [3.63, 3.8) is 0 Å². The van der Waals surface area contributed by atoms with E-state index in [-0.39, 0.29) is 5.56 Å². The van der Waals surface area contributed by atoms with Gasteiger partial charge in [-0.15, -0.1) is 0 Å². The molecule has 5 heteroatoms. The number of aromatic amines is 1. The minimum atomic E-state index is -0.973. The second-order valence-electron chi connectivity index (χ2n) is 3.90. The molecule has 2 heterocycles. The molecule has 2 aromatic heterocycles. The maximum Gasteiger partial charge on any atom is 0.337 e. The highest BCUT2D eigenvalue weighted by molar-refractivity contribution is 6.16. The number of aromatic nitrogens is 2. The number of benzene rings is 1. The van der Waals surface area contributed by atoms with Gasteiger partial charge in [-0.1, -0.05) is 18.2 Å². The van der Waals surface area contributed by atoms with Crippen LogP contribution in [0.5, 0.6) is 5.88 Å². The third kappa shape index (κ3) is 1.34. The van der Waals surface area contributed by atoms with E-state index in [4.69, 9.17) is 4.74 Å². The Hall–Kier alpha value is -2.56. The van der Waals surface area contributed by atoms with Crippen molar-refractivity contribution in [2.45, 2.75) is 0 Å². The number of methoxy groups -OCH3 is 1. The summed E-state index contributed by atoms with van der Waals surface area (Å²) in [5.41, 5.74) is 1.54. The van der Waals surface area contributed by atoms with Gasteiger partial charge in [0.25, 0.3) is 0 Å². The first-order valence-corrected chi connectivity index (χ1v) is 5.39. The molecule has 0 spiro atoms. The van der Waals surface area contributed by atoms with E-state index in [0.29, 0.717) is 22.3 Å². The average Bonchev–Trinajstić information content (AvgIpc) is 2.83. The molecule has 0 saturated heterocycles. The number of nitrogens with zero attached hydrogens (tertiary/aromatic N) is 1. The number of aromatic carboxylic acids is 1. The molecule has 90 valence electrons. The van der Waals surface area contributed by atoms with Gasteiger partial charge in [0.15, 0.2) is 0 Å². The van der Waals surface area contributed by atoms with Crippen molar-refractivity contribution in [2.75, 3.05) is 7.11 Å². The first kappa shape index (κ1) is 10.6. The van der Waals surface area contributed by atoms with E-state index in [1.807, 2.05) is 24.3 Å². The first-order chi connectivity index (χ1) is 8.72. The molecule has 3 rings (SSSR count). The summed E-state index contributed by atoms with van der Waals surface area (Å²) >= 11 is 0. The van der Waals surface area contributed by atoms with Crippen LogP contribution in [-0.2, 0) is 0 Å². The number of nitrogens with one attached hydrogen (secondary N) is 1. The number of carbonyl (C=O) groups is 1. The van der Waals surface area contributed by atoms with Gasteiger partial charge in [0.1, 0.15) is 5.52 Å². The highest BCUT2D eigenvalue weighted by Gasteiger charge is 2.17. The molecule has 0 amide bonds. The summed E-state index contributed by atoms with van der Waals surface area (Å²) in [6, 6.07) is 7.39. The van der Waals surface area contributed by atoms with Crippen LogP contribution in [0.1, 0.15) is 10.4 Å². The number of fused-ring (bicyclic) bond motifs is 3. The normalized spacial score (nSPS) is 10.9. The Balaban J connectivity index is 2.57. The van der Waals surface area contributed by atoms with Crippen molar-refractivity contribution in [3.05, 3.63) is 36.0 Å². The molecule has 0 aliphatic heterocycles. The Labute approximate surface area is 102 Å². The highest BCUT2D eigenvalue weighted by atomic mass is 16.5. The van der Waals surface area contributed by atoms with E-state index >= 15 is 0 Å². The van der Waals surface area contributed by atoms with E-state index < -0.39 is 5.97 Å². The number of ether oxygens (including phenoxy) is 1. The van der Waals surface area contributed by atoms with Crippen molar-refractivity contribution < 1.29 is 14.6 Å². The Kier molecular flexibility index (Phi) is 2.19. The van der Waals surface area contributed by atoms with Crippen molar-refractivity contribution in [1.82, 2.24) is 9.97 Å². The topological polar surface area (TPSA) is 75.2 Å². The molecule has 0 saturated carbocycles. The van der Waals surface area contributed by atoms with Crippen molar-refractivity contribution in [3.8, 4) is 5.88 Å². The lowest BCUT2D eigenvalue weighted by Gasteiger charge is -2.05. The number of carboxylic acid groups (broad SMARTS) is 1. The van der Waals surface area contributed by atoms with Crippen molar-refractivity contribution >= 4 is 27.8 Å². The Morgan fingerprint density at radius 1 is 1.39 bits per heavy atom. The van der Waals surface area contributed by atoms with E-state index in [9.17, 15) is 9.90 Å². The van der Waals surface area contributed by atoms with Gasteiger partial charge >= 0.3 is 5.97 Å². The SMILES string of the molecule is COc1nc2ccccc2c2c(C(=O)O)c[nH]c12. The maximum absolute atomic E-state index is 11.2. The van der Waals surface area contributed by atoms with Gasteiger partial charge in [-0.2, -0.15) is 0 Å². The fourth-order valence-electron chi connectivity index (χ4n) is 2.14. The van der Waals surface area contributed by atoms with Gasteiger partial charge in [0.2, 0.25) is 5.88 Å². The molecule has 2 N–H and O–H groups in total. The predicted octanol–water partition coefficient (Wildman–Crippen LogP) is 2.42. The van der Waals surface area contributed by atoms with Gasteiger partial charge in [-0.25, -0.2) is 9.78 Å². The molecule has 0 atom stereocenters. The number of pyridine rings is 1. The Bertz CT molecular complexity index is 761. The van der Waals surface area contributed by atoms with Gasteiger partial charge in [-0.3, -0.25) is 0 Å². The van der Waals surface area contributed by atoms with E-state index in [2.05, 4.69) is 9.97 Å². The van der Waals surface area contributed by atoms with Crippen molar-refractivity contribution in [2.24, 2.45) is 0 Å². The Morgan fingerprint density at radius 2 is 2.17 bits per heavy atom. The average molecular weight is 242 g/mol. The summed E-state index contributed by atoms with van der Waals surface area (Å²) in [6.45, 7) is 0. The second-order valence-corrected chi connectivity index (χ2v) is 3.90. The smallest absolute Gasteiger partial charge is 0.337 e. The summed E-state index contributed by atoms with van der Waals surface area (Å²) in [7, 11) is 1.51. The third-order valence-electron chi connectivity index (χ3n) is 2.91. The molecule has 3 aromatic rings. The van der Waals surface area contributed by atoms with E-state index in [0.717, 1.165) is 5.39 Å². The minimum Gasteiger partial charge on any atom is -0.479 e. The minimum absolute atomic E-state index is 0.224. The standard InChI is InChI=1S/C13H10N2O3/c1-18-12-11-10(8(6-14-11)13(16)17)7-4-2-3-5-9(7)15-12/h2-6,14H,1H3,(H,16,17). The molecular weight excluding hydrogens is 232 g/mol. The van der Waals surface area contributed by atoms with Gasteiger partial charge < -0.3 is 14.8 Å². The number of carboxylic acids is 1. The molecule has 0 bridgehead atoms. The lowest BCUT2D eigenvalue weighted by Crippen LogP contribution is -1.95. The molecule has 0 radical (unpaired) electrons. The Morgan fingerprint density at radius 3 is 2.89 bits per heavy atom. The van der Waals surface area contributed by atoms with Gasteiger partial charge in [-0.05, 0) is 6.07 Å². The molecule has 0 fully saturated rings. The molecule has 0 aliphatic rings. The number of H-pyrrole nitrogens is 1. The molecule has 18 heavy (non-hydrogen) atoms. The van der Waals surface area contributed by atoms with Crippen LogP contribution >= 0.6 is 0 Å². The van der Waals surface area contributed by atoms with Crippen LogP contribution in [0.15, 0.2) is 30.5 Å². The molecule has 1 aromatic carbocycles.